The maximum Gasteiger partial charge on any atom is 0.224 e. The molecule has 0 unspecified atom stereocenters. The van der Waals surface area contributed by atoms with Gasteiger partial charge in [0, 0.05) is 42.3 Å². The number of rotatable bonds is 7. The minimum atomic E-state index is -0.213. The highest BCUT2D eigenvalue weighted by atomic mass is 16.5. The second-order valence-electron chi connectivity index (χ2n) is 6.41. The molecule has 26 heavy (non-hydrogen) atoms. The van der Waals surface area contributed by atoms with Crippen LogP contribution in [0.1, 0.15) is 40.7 Å². The summed E-state index contributed by atoms with van der Waals surface area (Å²) in [5, 5.41) is 2.79. The number of carbonyl (C=O) groups is 2. The second-order valence-corrected chi connectivity index (χ2v) is 6.41. The number of nitrogens with one attached hydrogen (secondary N) is 1. The van der Waals surface area contributed by atoms with Crippen LogP contribution in [0.15, 0.2) is 36.4 Å². The number of fused-ring (bicyclic) bond motifs is 1. The van der Waals surface area contributed by atoms with Crippen LogP contribution < -0.4 is 14.8 Å². The van der Waals surface area contributed by atoms with Crippen LogP contribution in [0.5, 0.6) is 11.5 Å². The van der Waals surface area contributed by atoms with Gasteiger partial charge in [-0.05, 0) is 36.5 Å². The van der Waals surface area contributed by atoms with E-state index in [1.54, 1.807) is 32.4 Å². The SMILES string of the molecule is COc1cc(NC(=O)CCC(=O)c2ccc3c(c2)CCC3)cc(OC)c1. The Morgan fingerprint density at radius 3 is 2.31 bits per heavy atom. The minimum absolute atomic E-state index is 0.00178. The van der Waals surface area contributed by atoms with Crippen LogP contribution in [0, 0.1) is 0 Å². The van der Waals surface area contributed by atoms with Gasteiger partial charge in [0.25, 0.3) is 0 Å². The summed E-state index contributed by atoms with van der Waals surface area (Å²) < 4.78 is 10.4. The van der Waals surface area contributed by atoms with E-state index in [9.17, 15) is 9.59 Å². The van der Waals surface area contributed by atoms with Gasteiger partial charge in [0.15, 0.2) is 5.78 Å². The summed E-state index contributed by atoms with van der Waals surface area (Å²) in [6, 6.07) is 11.0. The number of aryl methyl sites for hydroxylation is 2. The molecule has 0 atom stereocenters. The summed E-state index contributed by atoms with van der Waals surface area (Å²) in [6.45, 7) is 0. The van der Waals surface area contributed by atoms with E-state index in [-0.39, 0.29) is 24.5 Å². The van der Waals surface area contributed by atoms with Gasteiger partial charge < -0.3 is 14.8 Å². The highest BCUT2D eigenvalue weighted by Crippen LogP contribution is 2.26. The quantitative estimate of drug-likeness (QED) is 0.769. The lowest BCUT2D eigenvalue weighted by Gasteiger charge is -2.10. The van der Waals surface area contributed by atoms with E-state index < -0.39 is 0 Å². The van der Waals surface area contributed by atoms with Gasteiger partial charge in [0.1, 0.15) is 11.5 Å². The predicted molar refractivity (Wildman–Crippen MR) is 100 cm³/mol. The van der Waals surface area contributed by atoms with Crippen molar-refractivity contribution in [3.63, 3.8) is 0 Å². The Kier molecular flexibility index (Phi) is 5.56. The van der Waals surface area contributed by atoms with Crippen LogP contribution in [0.4, 0.5) is 5.69 Å². The maximum atomic E-state index is 12.4. The number of amides is 1. The zero-order chi connectivity index (χ0) is 18.5. The summed E-state index contributed by atoms with van der Waals surface area (Å²) in [7, 11) is 3.10. The first kappa shape index (κ1) is 18.0. The van der Waals surface area contributed by atoms with E-state index in [4.69, 9.17) is 9.47 Å². The molecule has 3 rings (SSSR count). The molecule has 1 amide bonds. The van der Waals surface area contributed by atoms with Crippen LogP contribution in [0.2, 0.25) is 0 Å². The van der Waals surface area contributed by atoms with Crippen molar-refractivity contribution in [2.45, 2.75) is 32.1 Å². The average molecular weight is 353 g/mol. The van der Waals surface area contributed by atoms with E-state index in [1.165, 1.54) is 11.1 Å². The molecule has 0 fully saturated rings. The summed E-state index contributed by atoms with van der Waals surface area (Å²) in [5.41, 5.74) is 3.88. The van der Waals surface area contributed by atoms with Crippen LogP contribution in [0.25, 0.3) is 0 Å². The molecule has 1 aliphatic carbocycles. The molecule has 5 nitrogen and oxygen atoms in total. The minimum Gasteiger partial charge on any atom is -0.497 e. The molecule has 0 spiro atoms. The van der Waals surface area contributed by atoms with Gasteiger partial charge in [-0.2, -0.15) is 0 Å². The smallest absolute Gasteiger partial charge is 0.224 e. The topological polar surface area (TPSA) is 64.6 Å². The van der Waals surface area contributed by atoms with Crippen LogP contribution >= 0.6 is 0 Å². The lowest BCUT2D eigenvalue weighted by atomic mass is 10.0. The van der Waals surface area contributed by atoms with E-state index in [0.29, 0.717) is 22.7 Å². The van der Waals surface area contributed by atoms with Crippen molar-refractivity contribution in [1.82, 2.24) is 0 Å². The molecule has 1 N–H and O–H groups in total. The van der Waals surface area contributed by atoms with Crippen molar-refractivity contribution in [3.8, 4) is 11.5 Å². The standard InChI is InChI=1S/C21H23NO4/c1-25-18-11-17(12-19(13-18)26-2)22-21(24)9-8-20(23)16-7-6-14-4-3-5-15(14)10-16/h6-7,10-13H,3-5,8-9H2,1-2H3,(H,22,24). The Bertz CT molecular complexity index is 807. The molecule has 5 heteroatoms. The van der Waals surface area contributed by atoms with E-state index in [2.05, 4.69) is 5.32 Å². The van der Waals surface area contributed by atoms with Crippen molar-refractivity contribution < 1.29 is 19.1 Å². The van der Waals surface area contributed by atoms with Gasteiger partial charge in [-0.3, -0.25) is 9.59 Å². The average Bonchev–Trinajstić information content (AvgIpc) is 3.13. The highest BCUT2D eigenvalue weighted by molar-refractivity contribution is 6.00. The number of hydrogen-bond acceptors (Lipinski definition) is 4. The third-order valence-corrected chi connectivity index (χ3v) is 4.63. The fourth-order valence-corrected chi connectivity index (χ4v) is 3.22. The number of anilines is 1. The molecular formula is C21H23NO4. The highest BCUT2D eigenvalue weighted by Gasteiger charge is 2.15. The van der Waals surface area contributed by atoms with E-state index >= 15 is 0 Å². The molecule has 1 aliphatic rings. The van der Waals surface area contributed by atoms with Crippen molar-refractivity contribution in [3.05, 3.63) is 53.1 Å². The zero-order valence-electron chi connectivity index (χ0n) is 15.1. The van der Waals surface area contributed by atoms with E-state index in [1.807, 2.05) is 18.2 Å². The number of benzene rings is 2. The summed E-state index contributed by atoms with van der Waals surface area (Å²) in [6.07, 6.45) is 3.60. The Morgan fingerprint density at radius 1 is 0.923 bits per heavy atom. The summed E-state index contributed by atoms with van der Waals surface area (Å²) in [5.74, 6) is 0.968. The van der Waals surface area contributed by atoms with E-state index in [0.717, 1.165) is 19.3 Å². The molecule has 0 radical (unpaired) electrons. The van der Waals surface area contributed by atoms with Crippen molar-refractivity contribution in [2.75, 3.05) is 19.5 Å². The molecule has 2 aromatic rings. The van der Waals surface area contributed by atoms with Gasteiger partial charge in [-0.25, -0.2) is 0 Å². The Balaban J connectivity index is 1.58. The zero-order valence-corrected chi connectivity index (χ0v) is 15.1. The maximum absolute atomic E-state index is 12.4. The fraction of sp³-hybridized carbons (Fsp3) is 0.333. The van der Waals surface area contributed by atoms with Crippen molar-refractivity contribution in [2.24, 2.45) is 0 Å². The Hall–Kier alpha value is -2.82. The summed E-state index contributed by atoms with van der Waals surface area (Å²) >= 11 is 0. The third kappa shape index (κ3) is 4.23. The fourth-order valence-electron chi connectivity index (χ4n) is 3.22. The van der Waals surface area contributed by atoms with Gasteiger partial charge in [0.05, 0.1) is 14.2 Å². The monoisotopic (exact) mass is 353 g/mol. The Morgan fingerprint density at radius 2 is 1.62 bits per heavy atom. The van der Waals surface area contributed by atoms with Gasteiger partial charge in [-0.15, -0.1) is 0 Å². The van der Waals surface area contributed by atoms with Gasteiger partial charge >= 0.3 is 0 Å². The number of methoxy groups -OCH3 is 2. The molecule has 0 saturated carbocycles. The molecule has 0 saturated heterocycles. The molecule has 136 valence electrons. The lowest BCUT2D eigenvalue weighted by Crippen LogP contribution is -2.13. The number of ketones is 1. The number of carbonyl (C=O) groups excluding carboxylic acids is 2. The largest absolute Gasteiger partial charge is 0.497 e. The molecule has 2 aromatic carbocycles. The molecule has 0 aliphatic heterocycles. The first-order chi connectivity index (χ1) is 12.6. The van der Waals surface area contributed by atoms with Crippen LogP contribution in [0.3, 0.4) is 0 Å². The number of Topliss-reactive ketones (excluding diaryl/α,β-unsaturated/α-hetero) is 1. The normalized spacial score (nSPS) is 12.4. The first-order valence-corrected chi connectivity index (χ1v) is 8.77. The van der Waals surface area contributed by atoms with Crippen LogP contribution in [-0.2, 0) is 17.6 Å². The number of hydrogen-bond donors (Lipinski definition) is 1. The second kappa shape index (κ2) is 8.04. The molecular weight excluding hydrogens is 330 g/mol. The van der Waals surface area contributed by atoms with Crippen molar-refractivity contribution >= 4 is 17.4 Å². The molecule has 0 heterocycles. The van der Waals surface area contributed by atoms with Gasteiger partial charge in [-0.1, -0.05) is 12.1 Å². The lowest BCUT2D eigenvalue weighted by molar-refractivity contribution is -0.116. The number of ether oxygens (including phenoxy) is 2. The van der Waals surface area contributed by atoms with Gasteiger partial charge in [0.2, 0.25) is 5.91 Å². The van der Waals surface area contributed by atoms with Crippen molar-refractivity contribution in [1.29, 1.82) is 0 Å². The summed E-state index contributed by atoms with van der Waals surface area (Å²) in [4.78, 5) is 24.6. The molecule has 0 aromatic heterocycles. The predicted octanol–water partition coefficient (Wildman–Crippen LogP) is 3.79. The third-order valence-electron chi connectivity index (χ3n) is 4.63. The van der Waals surface area contributed by atoms with Crippen LogP contribution in [-0.4, -0.2) is 25.9 Å². The molecule has 0 bridgehead atoms. The Labute approximate surface area is 153 Å². The first-order valence-electron chi connectivity index (χ1n) is 8.77.